The molecule has 0 aliphatic rings. The van der Waals surface area contributed by atoms with E-state index in [1.54, 1.807) is 19.1 Å². The van der Waals surface area contributed by atoms with Crippen molar-refractivity contribution in [2.24, 2.45) is 0 Å². The third-order valence-electron chi connectivity index (χ3n) is 2.56. The van der Waals surface area contributed by atoms with Gasteiger partial charge in [0.05, 0.1) is 17.9 Å². The largest absolute Gasteiger partial charge is 0.478 e. The third-order valence-corrected chi connectivity index (χ3v) is 3.52. The number of benzene rings is 1. The number of rotatable bonds is 7. The lowest BCUT2D eigenvalue weighted by Gasteiger charge is -2.06. The van der Waals surface area contributed by atoms with Crippen molar-refractivity contribution in [3.05, 3.63) is 29.3 Å². The first-order valence-electron chi connectivity index (χ1n) is 6.17. The highest BCUT2D eigenvalue weighted by atomic mass is 32.2. The molecule has 1 N–H and O–H groups in total. The van der Waals surface area contributed by atoms with Crippen LogP contribution in [0.25, 0.3) is 0 Å². The highest BCUT2D eigenvalue weighted by Gasteiger charge is 2.09. The van der Waals surface area contributed by atoms with Gasteiger partial charge in [0.25, 0.3) is 0 Å². The van der Waals surface area contributed by atoms with Crippen LogP contribution in [-0.2, 0) is 9.53 Å². The second kappa shape index (κ2) is 7.84. The predicted octanol–water partition coefficient (Wildman–Crippen LogP) is 3.13. The number of esters is 1. The van der Waals surface area contributed by atoms with Gasteiger partial charge in [-0.2, -0.15) is 0 Å². The fraction of sp³-hybridized carbons (Fsp3) is 0.429. The van der Waals surface area contributed by atoms with Crippen LogP contribution in [0.15, 0.2) is 23.1 Å². The molecule has 0 radical (unpaired) electrons. The van der Waals surface area contributed by atoms with Crippen LogP contribution < -0.4 is 0 Å². The summed E-state index contributed by atoms with van der Waals surface area (Å²) in [7, 11) is 0. The Bertz CT molecular complexity index is 457. The molecule has 0 spiro atoms. The van der Waals surface area contributed by atoms with Crippen LogP contribution in [0.1, 0.15) is 35.7 Å². The molecule has 4 nitrogen and oxygen atoms in total. The number of carbonyl (C=O) groups is 2. The molecule has 104 valence electrons. The fourth-order valence-electron chi connectivity index (χ4n) is 1.44. The monoisotopic (exact) mass is 282 g/mol. The molecule has 0 atom stereocenters. The summed E-state index contributed by atoms with van der Waals surface area (Å²) in [5.41, 5.74) is 0.978. The summed E-state index contributed by atoms with van der Waals surface area (Å²) >= 11 is 1.29. The van der Waals surface area contributed by atoms with Gasteiger partial charge in [-0.05, 0) is 31.0 Å². The van der Waals surface area contributed by atoms with E-state index < -0.39 is 5.97 Å². The average molecular weight is 282 g/mol. The number of carboxylic acid groups (broad SMARTS) is 1. The Labute approximate surface area is 117 Å². The number of ether oxygens (including phenoxy) is 1. The van der Waals surface area contributed by atoms with Crippen molar-refractivity contribution in [1.29, 1.82) is 0 Å². The van der Waals surface area contributed by atoms with Gasteiger partial charge in [-0.15, -0.1) is 11.8 Å². The number of aryl methyl sites for hydroxylation is 1. The summed E-state index contributed by atoms with van der Waals surface area (Å²) in [6.07, 6.45) is 1.85. The van der Waals surface area contributed by atoms with E-state index in [-0.39, 0.29) is 17.3 Å². The Balaban J connectivity index is 2.51. The van der Waals surface area contributed by atoms with E-state index in [0.29, 0.717) is 12.2 Å². The van der Waals surface area contributed by atoms with E-state index >= 15 is 0 Å². The molecule has 0 aliphatic heterocycles. The van der Waals surface area contributed by atoms with E-state index in [1.165, 1.54) is 11.8 Å². The first kappa shape index (κ1) is 15.6. The average Bonchev–Trinajstić information content (AvgIpc) is 2.37. The van der Waals surface area contributed by atoms with Crippen molar-refractivity contribution >= 4 is 23.7 Å². The van der Waals surface area contributed by atoms with Gasteiger partial charge in [-0.1, -0.05) is 19.4 Å². The van der Waals surface area contributed by atoms with Gasteiger partial charge in [0.15, 0.2) is 0 Å². The number of unbranched alkanes of at least 4 members (excludes halogenated alkanes) is 1. The van der Waals surface area contributed by atoms with Gasteiger partial charge >= 0.3 is 11.9 Å². The summed E-state index contributed by atoms with van der Waals surface area (Å²) in [4.78, 5) is 23.2. The molecule has 5 heteroatoms. The SMILES string of the molecule is CCCCOC(=O)CSc1ccc(C)c(C(=O)O)c1. The molecule has 0 fully saturated rings. The van der Waals surface area contributed by atoms with Gasteiger partial charge in [-0.3, -0.25) is 4.79 Å². The number of thioether (sulfide) groups is 1. The third kappa shape index (κ3) is 5.34. The molecular weight excluding hydrogens is 264 g/mol. The Morgan fingerprint density at radius 3 is 2.74 bits per heavy atom. The molecule has 1 aromatic carbocycles. The molecule has 1 aromatic rings. The second-order valence-electron chi connectivity index (χ2n) is 4.14. The minimum Gasteiger partial charge on any atom is -0.478 e. The smallest absolute Gasteiger partial charge is 0.335 e. The zero-order valence-electron chi connectivity index (χ0n) is 11.1. The summed E-state index contributed by atoms with van der Waals surface area (Å²) in [5.74, 6) is -1.02. The molecule has 0 amide bonds. The summed E-state index contributed by atoms with van der Waals surface area (Å²) in [6.45, 7) is 4.23. The number of hydrogen-bond acceptors (Lipinski definition) is 4. The zero-order valence-corrected chi connectivity index (χ0v) is 12.0. The van der Waals surface area contributed by atoms with E-state index in [1.807, 2.05) is 13.0 Å². The molecule has 0 aromatic heterocycles. The Morgan fingerprint density at radius 2 is 2.11 bits per heavy atom. The standard InChI is InChI=1S/C14H18O4S/c1-3-4-7-18-13(15)9-19-11-6-5-10(2)12(8-11)14(16)17/h5-6,8H,3-4,7,9H2,1-2H3,(H,16,17). The number of aromatic carboxylic acids is 1. The van der Waals surface area contributed by atoms with Crippen LogP contribution in [0.5, 0.6) is 0 Å². The maximum Gasteiger partial charge on any atom is 0.335 e. The topological polar surface area (TPSA) is 63.6 Å². The number of carbonyl (C=O) groups excluding carboxylic acids is 1. The van der Waals surface area contributed by atoms with E-state index in [0.717, 1.165) is 17.7 Å². The maximum atomic E-state index is 11.4. The van der Waals surface area contributed by atoms with Gasteiger partial charge in [0, 0.05) is 4.90 Å². The van der Waals surface area contributed by atoms with Crippen LogP contribution >= 0.6 is 11.8 Å². The van der Waals surface area contributed by atoms with E-state index in [4.69, 9.17) is 9.84 Å². The second-order valence-corrected chi connectivity index (χ2v) is 5.19. The van der Waals surface area contributed by atoms with Crippen molar-refractivity contribution in [3.63, 3.8) is 0 Å². The molecular formula is C14H18O4S. The van der Waals surface area contributed by atoms with Gasteiger partial charge in [0.1, 0.15) is 0 Å². The van der Waals surface area contributed by atoms with Crippen molar-refractivity contribution in [1.82, 2.24) is 0 Å². The van der Waals surface area contributed by atoms with Crippen LogP contribution in [0.4, 0.5) is 0 Å². The molecule has 0 saturated carbocycles. The van der Waals surface area contributed by atoms with Gasteiger partial charge in [0.2, 0.25) is 0 Å². The first-order valence-corrected chi connectivity index (χ1v) is 7.15. The summed E-state index contributed by atoms with van der Waals surface area (Å²) in [5, 5.41) is 9.01. The number of hydrogen-bond donors (Lipinski definition) is 1. The maximum absolute atomic E-state index is 11.4. The molecule has 0 saturated heterocycles. The molecule has 0 aliphatic carbocycles. The van der Waals surface area contributed by atoms with Crippen molar-refractivity contribution < 1.29 is 19.4 Å². The molecule has 0 heterocycles. The Hall–Kier alpha value is -1.49. The minimum atomic E-state index is -0.953. The zero-order chi connectivity index (χ0) is 14.3. The normalized spacial score (nSPS) is 10.2. The fourth-order valence-corrected chi connectivity index (χ4v) is 2.17. The summed E-state index contributed by atoms with van der Waals surface area (Å²) < 4.78 is 5.03. The van der Waals surface area contributed by atoms with E-state index in [2.05, 4.69) is 0 Å². The van der Waals surface area contributed by atoms with Crippen molar-refractivity contribution in [2.75, 3.05) is 12.4 Å². The molecule has 0 unspecified atom stereocenters. The van der Waals surface area contributed by atoms with Gasteiger partial charge < -0.3 is 9.84 Å². The summed E-state index contributed by atoms with van der Waals surface area (Å²) in [6, 6.07) is 5.14. The Morgan fingerprint density at radius 1 is 1.37 bits per heavy atom. The minimum absolute atomic E-state index is 0.200. The molecule has 19 heavy (non-hydrogen) atoms. The lowest BCUT2D eigenvalue weighted by Crippen LogP contribution is -2.08. The van der Waals surface area contributed by atoms with Crippen LogP contribution in [0, 0.1) is 6.92 Å². The van der Waals surface area contributed by atoms with Crippen LogP contribution in [0.3, 0.4) is 0 Å². The van der Waals surface area contributed by atoms with E-state index in [9.17, 15) is 9.59 Å². The van der Waals surface area contributed by atoms with Crippen LogP contribution in [0.2, 0.25) is 0 Å². The predicted molar refractivity (Wildman–Crippen MR) is 74.7 cm³/mol. The van der Waals surface area contributed by atoms with Gasteiger partial charge in [-0.25, -0.2) is 4.79 Å². The Kier molecular flexibility index (Phi) is 6.42. The van der Waals surface area contributed by atoms with Crippen molar-refractivity contribution in [3.8, 4) is 0 Å². The highest BCUT2D eigenvalue weighted by molar-refractivity contribution is 8.00. The molecule has 0 bridgehead atoms. The van der Waals surface area contributed by atoms with Crippen molar-refractivity contribution in [2.45, 2.75) is 31.6 Å². The quantitative estimate of drug-likeness (QED) is 0.473. The highest BCUT2D eigenvalue weighted by Crippen LogP contribution is 2.21. The lowest BCUT2D eigenvalue weighted by molar-refractivity contribution is -0.140. The first-order chi connectivity index (χ1) is 9.04. The molecule has 1 rings (SSSR count). The lowest BCUT2D eigenvalue weighted by atomic mass is 10.1. The number of carboxylic acids is 1. The van der Waals surface area contributed by atoms with Crippen LogP contribution in [-0.4, -0.2) is 29.4 Å².